The van der Waals surface area contributed by atoms with E-state index in [0.717, 1.165) is 5.56 Å². The molecule has 1 heterocycles. The van der Waals surface area contributed by atoms with E-state index in [4.69, 9.17) is 0 Å². The fourth-order valence-corrected chi connectivity index (χ4v) is 3.06. The minimum absolute atomic E-state index is 0.0931. The zero-order chi connectivity index (χ0) is 19.2. The van der Waals surface area contributed by atoms with Gasteiger partial charge >= 0.3 is 0 Å². The van der Waals surface area contributed by atoms with Crippen LogP contribution in [0.1, 0.15) is 18.4 Å². The molecule has 3 rings (SSSR count). The first kappa shape index (κ1) is 18.6. The molecule has 6 heteroatoms. The lowest BCUT2D eigenvalue weighted by molar-refractivity contribution is -0.130. The summed E-state index contributed by atoms with van der Waals surface area (Å²) in [6, 6.07) is 13.4. The van der Waals surface area contributed by atoms with E-state index in [1.807, 2.05) is 30.3 Å². The van der Waals surface area contributed by atoms with Crippen LogP contribution in [0.25, 0.3) is 6.08 Å². The molecule has 27 heavy (non-hydrogen) atoms. The largest absolute Gasteiger partial charge is 0.506 e. The first-order chi connectivity index (χ1) is 13.0. The lowest BCUT2D eigenvalue weighted by atomic mass is 9.95. The molecule has 0 saturated carbocycles. The van der Waals surface area contributed by atoms with Crippen LogP contribution in [0.4, 0.5) is 10.1 Å². The molecule has 2 N–H and O–H groups in total. The Morgan fingerprint density at radius 3 is 2.44 bits per heavy atom. The summed E-state index contributed by atoms with van der Waals surface area (Å²) in [7, 11) is 0. The van der Waals surface area contributed by atoms with Crippen LogP contribution in [-0.4, -0.2) is 34.9 Å². The Labute approximate surface area is 157 Å². The molecule has 0 aromatic heterocycles. The average molecular weight is 368 g/mol. The second kappa shape index (κ2) is 8.49. The number of hydrogen-bond acceptors (Lipinski definition) is 3. The Hall–Kier alpha value is -3.15. The van der Waals surface area contributed by atoms with Crippen molar-refractivity contribution in [1.82, 2.24) is 4.90 Å². The van der Waals surface area contributed by atoms with Crippen LogP contribution < -0.4 is 5.32 Å². The molecule has 2 aromatic carbocycles. The minimum Gasteiger partial charge on any atom is -0.506 e. The maximum absolute atomic E-state index is 13.7. The third-order valence-electron chi connectivity index (χ3n) is 4.64. The zero-order valence-electron chi connectivity index (χ0n) is 14.8. The highest BCUT2D eigenvalue weighted by atomic mass is 19.1. The van der Waals surface area contributed by atoms with Crippen molar-refractivity contribution in [2.24, 2.45) is 5.92 Å². The standard InChI is InChI=1S/C21H21FN2O3/c22-17-7-4-8-18(25)20(17)23-21(27)16-11-13-24(14-12-16)19(26)10-9-15-5-2-1-3-6-15/h1-10,16,25H,11-14H2,(H,23,27). The molecule has 1 fully saturated rings. The molecule has 140 valence electrons. The number of carbonyl (C=O) groups is 2. The summed E-state index contributed by atoms with van der Waals surface area (Å²) < 4.78 is 13.7. The quantitative estimate of drug-likeness (QED) is 0.642. The van der Waals surface area contributed by atoms with Gasteiger partial charge in [0.15, 0.2) is 5.82 Å². The van der Waals surface area contributed by atoms with E-state index < -0.39 is 5.82 Å². The number of rotatable bonds is 4. The van der Waals surface area contributed by atoms with Crippen molar-refractivity contribution in [3.8, 4) is 5.75 Å². The van der Waals surface area contributed by atoms with E-state index >= 15 is 0 Å². The Morgan fingerprint density at radius 1 is 1.07 bits per heavy atom. The second-order valence-electron chi connectivity index (χ2n) is 6.47. The lowest BCUT2D eigenvalue weighted by Crippen LogP contribution is -2.40. The number of para-hydroxylation sites is 1. The van der Waals surface area contributed by atoms with E-state index in [1.54, 1.807) is 11.0 Å². The summed E-state index contributed by atoms with van der Waals surface area (Å²) >= 11 is 0. The second-order valence-corrected chi connectivity index (χ2v) is 6.47. The molecule has 0 aliphatic carbocycles. The van der Waals surface area contributed by atoms with Crippen molar-refractivity contribution in [2.75, 3.05) is 18.4 Å². The summed E-state index contributed by atoms with van der Waals surface area (Å²) in [6.07, 6.45) is 4.28. The number of hydrogen-bond donors (Lipinski definition) is 2. The average Bonchev–Trinajstić information content (AvgIpc) is 2.70. The van der Waals surface area contributed by atoms with Crippen molar-refractivity contribution in [2.45, 2.75) is 12.8 Å². The summed E-state index contributed by atoms with van der Waals surface area (Å²) in [6.45, 7) is 0.915. The number of likely N-dealkylation sites (tertiary alicyclic amines) is 1. The molecule has 1 aliphatic heterocycles. The first-order valence-electron chi connectivity index (χ1n) is 8.85. The third kappa shape index (κ3) is 4.73. The smallest absolute Gasteiger partial charge is 0.246 e. The molecule has 0 bridgehead atoms. The van der Waals surface area contributed by atoms with Crippen LogP contribution in [0.2, 0.25) is 0 Å². The van der Waals surface area contributed by atoms with Gasteiger partial charge in [0.25, 0.3) is 0 Å². The Balaban J connectivity index is 1.53. The van der Waals surface area contributed by atoms with Gasteiger partial charge in [-0.1, -0.05) is 36.4 Å². The molecule has 0 atom stereocenters. The molecule has 0 spiro atoms. The fourth-order valence-electron chi connectivity index (χ4n) is 3.06. The molecule has 5 nitrogen and oxygen atoms in total. The van der Waals surface area contributed by atoms with E-state index in [-0.39, 0.29) is 29.2 Å². The maximum Gasteiger partial charge on any atom is 0.246 e. The number of amides is 2. The highest BCUT2D eigenvalue weighted by molar-refractivity contribution is 5.95. The number of halogens is 1. The van der Waals surface area contributed by atoms with Crippen LogP contribution in [0.5, 0.6) is 5.75 Å². The highest BCUT2D eigenvalue weighted by Crippen LogP contribution is 2.27. The molecule has 1 saturated heterocycles. The number of carbonyl (C=O) groups excluding carboxylic acids is 2. The van der Waals surface area contributed by atoms with E-state index in [0.29, 0.717) is 25.9 Å². The highest BCUT2D eigenvalue weighted by Gasteiger charge is 2.27. The van der Waals surface area contributed by atoms with Crippen LogP contribution in [0.15, 0.2) is 54.6 Å². The summed E-state index contributed by atoms with van der Waals surface area (Å²) in [5.41, 5.74) is 0.747. The minimum atomic E-state index is -0.679. The molecular weight excluding hydrogens is 347 g/mol. The van der Waals surface area contributed by atoms with Gasteiger partial charge in [-0.25, -0.2) is 4.39 Å². The SMILES string of the molecule is O=C(Nc1c(O)cccc1F)C1CCN(C(=O)C=Cc2ccccc2)CC1. The molecule has 0 unspecified atom stereocenters. The molecule has 2 aromatic rings. The normalized spacial score (nSPS) is 15.1. The summed E-state index contributed by atoms with van der Waals surface area (Å²) in [5, 5.41) is 12.1. The predicted molar refractivity (Wildman–Crippen MR) is 101 cm³/mol. The van der Waals surface area contributed by atoms with Gasteiger partial charge in [-0.3, -0.25) is 9.59 Å². The Bertz CT molecular complexity index is 824. The van der Waals surface area contributed by atoms with Gasteiger partial charge in [-0.05, 0) is 36.6 Å². The number of benzene rings is 2. The molecule has 2 amide bonds. The third-order valence-corrected chi connectivity index (χ3v) is 4.64. The maximum atomic E-state index is 13.7. The van der Waals surface area contributed by atoms with Crippen molar-refractivity contribution < 1.29 is 19.1 Å². The van der Waals surface area contributed by atoms with Crippen LogP contribution in [0.3, 0.4) is 0 Å². The monoisotopic (exact) mass is 368 g/mol. The van der Waals surface area contributed by atoms with Gasteiger partial charge < -0.3 is 15.3 Å². The van der Waals surface area contributed by atoms with Crippen LogP contribution in [-0.2, 0) is 9.59 Å². The van der Waals surface area contributed by atoms with Gasteiger partial charge in [-0.2, -0.15) is 0 Å². The van der Waals surface area contributed by atoms with Gasteiger partial charge in [0.1, 0.15) is 11.4 Å². The topological polar surface area (TPSA) is 69.6 Å². The lowest BCUT2D eigenvalue weighted by Gasteiger charge is -2.30. The number of phenolic OH excluding ortho intramolecular Hbond substituents is 1. The fraction of sp³-hybridized carbons (Fsp3) is 0.238. The number of anilines is 1. The van der Waals surface area contributed by atoms with Crippen molar-refractivity contribution in [1.29, 1.82) is 0 Å². The van der Waals surface area contributed by atoms with Crippen LogP contribution in [0, 0.1) is 11.7 Å². The molecule has 0 radical (unpaired) electrons. The number of nitrogens with zero attached hydrogens (tertiary/aromatic N) is 1. The number of aromatic hydroxyl groups is 1. The Kier molecular flexibility index (Phi) is 5.86. The van der Waals surface area contributed by atoms with Gasteiger partial charge in [-0.15, -0.1) is 0 Å². The Morgan fingerprint density at radius 2 is 1.78 bits per heavy atom. The van der Waals surface area contributed by atoms with Gasteiger partial charge in [0, 0.05) is 25.1 Å². The number of nitrogens with one attached hydrogen (secondary N) is 1. The van der Waals surface area contributed by atoms with E-state index in [9.17, 15) is 19.1 Å². The molecule has 1 aliphatic rings. The van der Waals surface area contributed by atoms with Crippen LogP contribution >= 0.6 is 0 Å². The summed E-state index contributed by atoms with van der Waals surface area (Å²) in [4.78, 5) is 26.3. The predicted octanol–water partition coefficient (Wildman–Crippen LogP) is 3.42. The van der Waals surface area contributed by atoms with Gasteiger partial charge in [0.05, 0.1) is 0 Å². The van der Waals surface area contributed by atoms with E-state index in [2.05, 4.69) is 5.32 Å². The first-order valence-corrected chi connectivity index (χ1v) is 8.85. The molecular formula is C21H21FN2O3. The zero-order valence-corrected chi connectivity index (χ0v) is 14.8. The van der Waals surface area contributed by atoms with Crippen molar-refractivity contribution in [3.05, 3.63) is 66.0 Å². The number of piperidine rings is 1. The van der Waals surface area contributed by atoms with Crippen molar-refractivity contribution >= 4 is 23.6 Å². The van der Waals surface area contributed by atoms with E-state index in [1.165, 1.54) is 24.3 Å². The van der Waals surface area contributed by atoms with Gasteiger partial charge in [0.2, 0.25) is 11.8 Å². The summed E-state index contributed by atoms with van der Waals surface area (Å²) in [5.74, 6) is -1.75. The number of phenols is 1. The van der Waals surface area contributed by atoms with Crippen molar-refractivity contribution in [3.63, 3.8) is 0 Å².